The maximum Gasteiger partial charge on any atom is 0.412 e. The van der Waals surface area contributed by atoms with E-state index in [1.54, 1.807) is 34.1 Å². The number of allylic oxidation sites excluding steroid dienone is 1. The van der Waals surface area contributed by atoms with E-state index in [9.17, 15) is 14.9 Å². The number of fused-ring (bicyclic) bond motifs is 9. The van der Waals surface area contributed by atoms with Crippen LogP contribution in [0, 0.1) is 25.2 Å². The lowest BCUT2D eigenvalue weighted by Crippen LogP contribution is -2.69. The number of benzene rings is 2. The van der Waals surface area contributed by atoms with E-state index >= 15 is 0 Å². The van der Waals surface area contributed by atoms with Gasteiger partial charge in [0.1, 0.15) is 24.4 Å². The summed E-state index contributed by atoms with van der Waals surface area (Å²) >= 11 is 0. The van der Waals surface area contributed by atoms with Gasteiger partial charge in [0.25, 0.3) is 0 Å². The first-order chi connectivity index (χ1) is 25.0. The monoisotopic (exact) mass is 717 g/mol. The first-order valence-corrected chi connectivity index (χ1v) is 17.3. The molecule has 0 radical (unpaired) electrons. The van der Waals surface area contributed by atoms with Gasteiger partial charge in [-0.15, -0.1) is 0 Å². The fourth-order valence-electron chi connectivity index (χ4n) is 8.38. The van der Waals surface area contributed by atoms with Gasteiger partial charge >= 0.3 is 6.09 Å². The Morgan fingerprint density at radius 1 is 1.12 bits per heavy atom. The van der Waals surface area contributed by atoms with E-state index < -0.39 is 30.1 Å². The van der Waals surface area contributed by atoms with Crippen molar-refractivity contribution in [2.45, 2.75) is 76.8 Å². The second-order valence-corrected chi connectivity index (χ2v) is 13.6. The van der Waals surface area contributed by atoms with E-state index in [1.807, 2.05) is 13.8 Å². The average molecular weight is 718 g/mol. The molecule has 1 fully saturated rings. The third-order valence-corrected chi connectivity index (χ3v) is 10.4. The molecule has 0 aromatic heterocycles. The van der Waals surface area contributed by atoms with E-state index in [-0.39, 0.29) is 50.6 Å². The van der Waals surface area contributed by atoms with E-state index in [0.717, 1.165) is 33.4 Å². The molecule has 6 rings (SSSR count). The second kappa shape index (κ2) is 14.9. The molecule has 52 heavy (non-hydrogen) atoms. The molecule has 14 nitrogen and oxygen atoms in total. The van der Waals surface area contributed by atoms with Crippen LogP contribution in [0.25, 0.3) is 0 Å². The van der Waals surface area contributed by atoms with Gasteiger partial charge in [-0.1, -0.05) is 25.3 Å². The van der Waals surface area contributed by atoms with Crippen LogP contribution in [0.15, 0.2) is 31.1 Å². The van der Waals surface area contributed by atoms with Gasteiger partial charge in [0.05, 0.1) is 31.0 Å². The number of rotatable bonds is 12. The standard InChI is InChI=1S/C38H47N5O9/c1-10-11-48-33-21(5)34-36(51-18-50-34)30-24(33)14-26-31-29-23(12-20(4)32(47-9)35(29)49-17-46-8)13-25(42(31)7)27(15-39)43(26)28(30)16-40-37(44)22(6)41-38(45)52-19(2)3/h10,12,22,25-28,31H,1-2,11,13-14,16-18H2,3-9H3,(H,40,44)(H,41,45)/t22?,25?,26-,27-,28?,31?/m0/s1. The molecule has 0 spiro atoms. The predicted octanol–water partition coefficient (Wildman–Crippen LogP) is 4.12. The van der Waals surface area contributed by atoms with Crippen molar-refractivity contribution < 1.29 is 42.7 Å². The zero-order valence-electron chi connectivity index (χ0n) is 30.8. The summed E-state index contributed by atoms with van der Waals surface area (Å²) in [5.74, 6) is 2.77. The van der Waals surface area contributed by atoms with Crippen molar-refractivity contribution in [3.63, 3.8) is 0 Å². The number of nitrogens with zero attached hydrogens (tertiary/aromatic N) is 3. The zero-order chi connectivity index (χ0) is 37.4. The number of carbonyl (C=O) groups excluding carboxylic acids is 2. The first kappa shape index (κ1) is 36.8. The van der Waals surface area contributed by atoms with Crippen LogP contribution in [0.1, 0.15) is 59.3 Å². The van der Waals surface area contributed by atoms with Crippen molar-refractivity contribution in [1.29, 1.82) is 5.26 Å². The molecule has 0 saturated carbocycles. The largest absolute Gasteiger partial charge is 0.493 e. The van der Waals surface area contributed by atoms with E-state index in [2.05, 4.69) is 52.8 Å². The van der Waals surface area contributed by atoms with Crippen LogP contribution in [-0.4, -0.2) is 94.0 Å². The van der Waals surface area contributed by atoms with Crippen molar-refractivity contribution in [1.82, 2.24) is 20.4 Å². The molecule has 2 aromatic carbocycles. The molecule has 14 heteroatoms. The third kappa shape index (κ3) is 6.27. The summed E-state index contributed by atoms with van der Waals surface area (Å²) in [5, 5.41) is 16.6. The summed E-state index contributed by atoms with van der Waals surface area (Å²) in [4.78, 5) is 30.3. The molecule has 1 saturated heterocycles. The van der Waals surface area contributed by atoms with Gasteiger partial charge in [0.15, 0.2) is 29.8 Å². The zero-order valence-corrected chi connectivity index (χ0v) is 30.8. The maximum atomic E-state index is 13.6. The fourth-order valence-corrected chi connectivity index (χ4v) is 8.38. The molecular weight excluding hydrogens is 670 g/mol. The summed E-state index contributed by atoms with van der Waals surface area (Å²) in [6.07, 6.45) is 1.96. The molecule has 2 N–H and O–H groups in total. The van der Waals surface area contributed by atoms with Crippen molar-refractivity contribution in [3.05, 3.63) is 64.4 Å². The van der Waals surface area contributed by atoms with Crippen LogP contribution >= 0.6 is 0 Å². The highest BCUT2D eigenvalue weighted by Crippen LogP contribution is 2.58. The number of amides is 2. The number of carbonyl (C=O) groups is 2. The summed E-state index contributed by atoms with van der Waals surface area (Å²) in [5.41, 5.74) is 5.46. The Morgan fingerprint density at radius 3 is 2.54 bits per heavy atom. The first-order valence-electron chi connectivity index (χ1n) is 17.3. The lowest BCUT2D eigenvalue weighted by atomic mass is 9.71. The number of nitriles is 1. The maximum absolute atomic E-state index is 13.6. The number of alkyl carbamates (subject to hydrolysis) is 1. The molecule has 4 aliphatic rings. The molecule has 4 unspecified atom stereocenters. The van der Waals surface area contributed by atoms with Crippen LogP contribution in [0.3, 0.4) is 0 Å². The number of hydrogen-bond acceptors (Lipinski definition) is 12. The molecule has 2 bridgehead atoms. The van der Waals surface area contributed by atoms with E-state index in [1.165, 1.54) is 0 Å². The number of aryl methyl sites for hydroxylation is 1. The molecule has 4 heterocycles. The third-order valence-electron chi connectivity index (χ3n) is 10.4. The lowest BCUT2D eigenvalue weighted by molar-refractivity contribution is -0.123. The molecule has 6 atom stereocenters. The van der Waals surface area contributed by atoms with Crippen LogP contribution in [0.4, 0.5) is 4.79 Å². The number of nitrogens with one attached hydrogen (secondary N) is 2. The number of piperazine rings is 1. The number of likely N-dealkylation sites (N-methyl/N-ethyl adjacent to an activating group) is 1. The molecule has 2 amide bonds. The molecule has 0 aliphatic carbocycles. The predicted molar refractivity (Wildman–Crippen MR) is 190 cm³/mol. The Bertz CT molecular complexity index is 1820. The van der Waals surface area contributed by atoms with Crippen LogP contribution in [0.5, 0.6) is 28.7 Å². The van der Waals surface area contributed by atoms with E-state index in [0.29, 0.717) is 41.6 Å². The minimum absolute atomic E-state index is 0.0181. The van der Waals surface area contributed by atoms with Crippen LogP contribution in [-0.2, 0) is 27.1 Å². The highest BCUT2D eigenvalue weighted by molar-refractivity contribution is 5.85. The van der Waals surface area contributed by atoms with Gasteiger partial charge < -0.3 is 43.8 Å². The summed E-state index contributed by atoms with van der Waals surface area (Å²) in [6, 6.07) is 1.94. The van der Waals surface area contributed by atoms with Gasteiger partial charge in [-0.2, -0.15) is 5.26 Å². The summed E-state index contributed by atoms with van der Waals surface area (Å²) in [6.45, 7) is 14.9. The smallest absolute Gasteiger partial charge is 0.412 e. The van der Waals surface area contributed by atoms with Gasteiger partial charge in [0.2, 0.25) is 12.7 Å². The average Bonchev–Trinajstić information content (AvgIpc) is 3.59. The topological polar surface area (TPSA) is 153 Å². The Morgan fingerprint density at radius 2 is 1.87 bits per heavy atom. The highest BCUT2D eigenvalue weighted by Gasteiger charge is 2.57. The molecule has 2 aromatic rings. The van der Waals surface area contributed by atoms with Crippen LogP contribution < -0.4 is 34.3 Å². The van der Waals surface area contributed by atoms with Crippen LogP contribution in [0.2, 0.25) is 0 Å². The van der Waals surface area contributed by atoms with Crippen molar-refractivity contribution >= 4 is 12.0 Å². The van der Waals surface area contributed by atoms with Gasteiger partial charge in [-0.3, -0.25) is 14.6 Å². The summed E-state index contributed by atoms with van der Waals surface area (Å²) in [7, 11) is 5.25. The molecular formula is C38H47N5O9. The lowest BCUT2D eigenvalue weighted by Gasteiger charge is -2.60. The Hall–Kier alpha value is -4.97. The number of methoxy groups -OCH3 is 2. The highest BCUT2D eigenvalue weighted by atomic mass is 16.7. The van der Waals surface area contributed by atoms with Crippen molar-refractivity contribution in [2.24, 2.45) is 0 Å². The molecule has 278 valence electrons. The Kier molecular flexibility index (Phi) is 10.6. The Labute approximate surface area is 304 Å². The normalized spacial score (nSPS) is 23.2. The van der Waals surface area contributed by atoms with Crippen molar-refractivity contribution in [2.75, 3.05) is 48.0 Å². The van der Waals surface area contributed by atoms with Gasteiger partial charge in [0, 0.05) is 48.0 Å². The minimum atomic E-state index is -0.929. The summed E-state index contributed by atoms with van der Waals surface area (Å²) < 4.78 is 41.2. The number of ether oxygens (including phenoxy) is 7. The van der Waals surface area contributed by atoms with Gasteiger partial charge in [-0.25, -0.2) is 4.79 Å². The number of hydrogen-bond donors (Lipinski definition) is 2. The van der Waals surface area contributed by atoms with Gasteiger partial charge in [-0.05, 0) is 58.7 Å². The Balaban J connectivity index is 1.52. The SMILES string of the molecule is C=CCOc1c(C)c2c(c3c1C[C@H]1C4c5c(cc(C)c(OC)c5OCOC)CC([C@H](C#N)N1C3CNC(=O)C(C)NC(=O)OC(=C)C)N4C)OCO2. The molecule has 4 aliphatic heterocycles. The minimum Gasteiger partial charge on any atom is -0.493 e. The second-order valence-electron chi connectivity index (χ2n) is 13.6. The van der Waals surface area contributed by atoms with E-state index in [4.69, 9.17) is 33.2 Å². The fraction of sp³-hybridized carbons (Fsp3) is 0.500. The quantitative estimate of drug-likeness (QED) is 0.185. The van der Waals surface area contributed by atoms with Crippen molar-refractivity contribution in [3.8, 4) is 34.8 Å².